The van der Waals surface area contributed by atoms with Gasteiger partial charge in [-0.2, -0.15) is 5.10 Å². The Kier molecular flexibility index (Phi) is 10.1. The monoisotopic (exact) mass is 639 g/mol. The average molecular weight is 640 g/mol. The van der Waals surface area contributed by atoms with Crippen LogP contribution in [0.5, 0.6) is 11.5 Å². The number of methoxy groups -OCH3 is 1. The van der Waals surface area contributed by atoms with Gasteiger partial charge >= 0.3 is 0 Å². The van der Waals surface area contributed by atoms with Crippen LogP contribution >= 0.6 is 22.9 Å². The van der Waals surface area contributed by atoms with E-state index in [1.54, 1.807) is 30.3 Å². The van der Waals surface area contributed by atoms with Gasteiger partial charge in [0.05, 0.1) is 19.0 Å². The number of aromatic nitrogens is 1. The zero-order valence-electron chi connectivity index (χ0n) is 24.8. The zero-order valence-corrected chi connectivity index (χ0v) is 26.3. The van der Waals surface area contributed by atoms with Crippen molar-refractivity contribution >= 4 is 57.5 Å². The highest BCUT2D eigenvalue weighted by Crippen LogP contribution is 2.29. The number of nitrogens with zero attached hydrogens (tertiary/aromatic N) is 2. The van der Waals surface area contributed by atoms with Crippen molar-refractivity contribution in [1.29, 1.82) is 0 Å². The van der Waals surface area contributed by atoms with Crippen LogP contribution in [0.3, 0.4) is 0 Å². The summed E-state index contributed by atoms with van der Waals surface area (Å²) in [6.45, 7) is 3.75. The summed E-state index contributed by atoms with van der Waals surface area (Å²) in [6.07, 6.45) is 1.50. The van der Waals surface area contributed by atoms with Crippen molar-refractivity contribution in [2.75, 3.05) is 24.4 Å². The van der Waals surface area contributed by atoms with Crippen molar-refractivity contribution in [3.63, 3.8) is 0 Å². The van der Waals surface area contributed by atoms with Crippen LogP contribution in [0.1, 0.15) is 27.0 Å². The van der Waals surface area contributed by atoms with Gasteiger partial charge in [0, 0.05) is 32.9 Å². The van der Waals surface area contributed by atoms with Gasteiger partial charge in [0.1, 0.15) is 0 Å². The van der Waals surface area contributed by atoms with Crippen molar-refractivity contribution in [1.82, 2.24) is 10.4 Å². The molecule has 0 radical (unpaired) electrons. The quantitative estimate of drug-likeness (QED) is 0.101. The van der Waals surface area contributed by atoms with Crippen molar-refractivity contribution in [3.8, 4) is 22.8 Å². The first-order chi connectivity index (χ1) is 21.8. The molecule has 228 valence electrons. The first-order valence-electron chi connectivity index (χ1n) is 13.9. The summed E-state index contributed by atoms with van der Waals surface area (Å²) in [7, 11) is 1.51. The molecule has 4 aromatic carbocycles. The van der Waals surface area contributed by atoms with Gasteiger partial charge in [0.2, 0.25) is 0 Å². The van der Waals surface area contributed by atoms with Gasteiger partial charge in [-0.15, -0.1) is 11.3 Å². The van der Waals surface area contributed by atoms with E-state index in [-0.39, 0.29) is 18.4 Å². The molecule has 0 aliphatic rings. The fourth-order valence-electron chi connectivity index (χ4n) is 4.31. The van der Waals surface area contributed by atoms with E-state index in [1.165, 1.54) is 24.7 Å². The van der Waals surface area contributed by atoms with Crippen LogP contribution < -0.4 is 25.5 Å². The second kappa shape index (κ2) is 14.5. The van der Waals surface area contributed by atoms with Gasteiger partial charge < -0.3 is 20.1 Å². The molecule has 0 bridgehead atoms. The van der Waals surface area contributed by atoms with Gasteiger partial charge in [-0.05, 0) is 85.6 Å². The van der Waals surface area contributed by atoms with Crippen LogP contribution in [0, 0.1) is 13.8 Å². The van der Waals surface area contributed by atoms with Crippen LogP contribution in [0.15, 0.2) is 95.4 Å². The third-order valence-electron chi connectivity index (χ3n) is 6.62. The molecule has 0 saturated heterocycles. The summed E-state index contributed by atoms with van der Waals surface area (Å²) in [5.41, 5.74) is 9.06. The molecule has 0 spiro atoms. The number of halogens is 1. The molecule has 0 aliphatic carbocycles. The number of ether oxygens (including phenoxy) is 2. The molecular formula is C34H30ClN5O4S. The van der Waals surface area contributed by atoms with Crippen LogP contribution in [0.25, 0.3) is 11.3 Å². The van der Waals surface area contributed by atoms with Gasteiger partial charge in [0.15, 0.2) is 23.2 Å². The lowest BCUT2D eigenvalue weighted by atomic mass is 10.1. The Bertz CT molecular complexity index is 1840. The number of rotatable bonds is 11. The highest BCUT2D eigenvalue weighted by Gasteiger charge is 2.11. The number of hydrogen-bond donors (Lipinski definition) is 3. The maximum Gasteiger partial charge on any atom is 0.271 e. The highest BCUT2D eigenvalue weighted by atomic mass is 35.5. The number of carbonyl (C=O) groups is 2. The minimum Gasteiger partial charge on any atom is -0.493 e. The van der Waals surface area contributed by atoms with Crippen molar-refractivity contribution in [3.05, 3.63) is 118 Å². The van der Waals surface area contributed by atoms with Crippen LogP contribution in [-0.2, 0) is 4.79 Å². The predicted molar refractivity (Wildman–Crippen MR) is 180 cm³/mol. The van der Waals surface area contributed by atoms with E-state index in [0.29, 0.717) is 27.6 Å². The molecule has 0 fully saturated rings. The molecule has 0 aliphatic heterocycles. The van der Waals surface area contributed by atoms with Crippen molar-refractivity contribution in [2.45, 2.75) is 13.8 Å². The first kappa shape index (κ1) is 31.2. The second-order valence-corrected chi connectivity index (χ2v) is 11.3. The Morgan fingerprint density at radius 1 is 0.956 bits per heavy atom. The highest BCUT2D eigenvalue weighted by molar-refractivity contribution is 7.14. The zero-order chi connectivity index (χ0) is 31.8. The Hall–Kier alpha value is -5.19. The molecule has 1 heterocycles. The second-order valence-electron chi connectivity index (χ2n) is 10.0. The molecule has 9 nitrogen and oxygen atoms in total. The van der Waals surface area contributed by atoms with E-state index < -0.39 is 0 Å². The summed E-state index contributed by atoms with van der Waals surface area (Å²) >= 11 is 7.43. The number of anilines is 3. The van der Waals surface area contributed by atoms with Crippen molar-refractivity contribution in [2.24, 2.45) is 5.10 Å². The summed E-state index contributed by atoms with van der Waals surface area (Å²) in [6, 6.07) is 25.4. The fourth-order valence-corrected chi connectivity index (χ4v) is 5.18. The van der Waals surface area contributed by atoms with E-state index in [1.807, 2.05) is 73.8 Å². The molecular weight excluding hydrogens is 610 g/mol. The number of nitrogens with one attached hydrogen (secondary N) is 3. The molecule has 3 N–H and O–H groups in total. The third-order valence-corrected chi connectivity index (χ3v) is 7.63. The molecule has 0 atom stereocenters. The minimum atomic E-state index is -0.358. The van der Waals surface area contributed by atoms with E-state index in [2.05, 4.69) is 26.1 Å². The molecule has 11 heteroatoms. The summed E-state index contributed by atoms with van der Waals surface area (Å²) in [4.78, 5) is 29.7. The summed E-state index contributed by atoms with van der Waals surface area (Å²) in [5, 5.41) is 13.6. The number of carbonyl (C=O) groups excluding carboxylic acids is 2. The topological polar surface area (TPSA) is 114 Å². The number of aryl methyl sites for hydroxylation is 2. The van der Waals surface area contributed by atoms with Crippen molar-refractivity contribution < 1.29 is 19.1 Å². The van der Waals surface area contributed by atoms with E-state index in [4.69, 9.17) is 21.1 Å². The minimum absolute atomic E-state index is 0.185. The molecule has 5 rings (SSSR count). The number of thiazole rings is 1. The number of hydrazone groups is 1. The maximum atomic E-state index is 12.7. The Morgan fingerprint density at radius 2 is 1.73 bits per heavy atom. The Morgan fingerprint density at radius 3 is 2.47 bits per heavy atom. The normalized spacial score (nSPS) is 10.8. The van der Waals surface area contributed by atoms with Gasteiger partial charge in [-0.25, -0.2) is 10.4 Å². The van der Waals surface area contributed by atoms with Gasteiger partial charge in [0.25, 0.3) is 11.8 Å². The SMILES string of the molecule is COc1cc(/C=N\NC(=O)c2ccc(-c3csc(Nc4ccc(Cl)cc4)n3)cc2)ccc1OCC(=O)Nc1ccc(C)cc1C. The number of amides is 2. The summed E-state index contributed by atoms with van der Waals surface area (Å²) in [5.74, 6) is 0.187. The Labute approximate surface area is 269 Å². The predicted octanol–water partition coefficient (Wildman–Crippen LogP) is 7.61. The molecule has 0 unspecified atom stereocenters. The van der Waals surface area contributed by atoms with Crippen LogP contribution in [-0.4, -0.2) is 36.7 Å². The lowest BCUT2D eigenvalue weighted by Gasteiger charge is -2.12. The van der Waals surface area contributed by atoms with Gasteiger partial charge in [-0.3, -0.25) is 9.59 Å². The maximum absolute atomic E-state index is 12.7. The van der Waals surface area contributed by atoms with Crippen LogP contribution in [0.4, 0.5) is 16.5 Å². The van der Waals surface area contributed by atoms with Gasteiger partial charge in [-0.1, -0.05) is 41.4 Å². The van der Waals surface area contributed by atoms with Crippen LogP contribution in [0.2, 0.25) is 5.02 Å². The lowest BCUT2D eigenvalue weighted by Crippen LogP contribution is -2.20. The standard InChI is InChI=1S/C34H30ClN5O4S/c1-21-4-14-28(22(2)16-21)38-32(41)19-44-30-15-5-23(17-31(30)43-3)18-36-40-33(42)25-8-6-24(7-9-25)29-20-45-34(39-29)37-27-12-10-26(35)11-13-27/h4-18,20H,19H2,1-3H3,(H,37,39)(H,38,41)(H,40,42)/b36-18-. The molecule has 2 amide bonds. The average Bonchev–Trinajstić information content (AvgIpc) is 3.51. The first-order valence-corrected chi connectivity index (χ1v) is 15.1. The number of benzene rings is 4. The lowest BCUT2D eigenvalue weighted by molar-refractivity contribution is -0.118. The molecule has 45 heavy (non-hydrogen) atoms. The third kappa shape index (κ3) is 8.47. The molecule has 5 aromatic rings. The largest absolute Gasteiger partial charge is 0.493 e. The van der Waals surface area contributed by atoms with E-state index in [0.717, 1.165) is 38.9 Å². The summed E-state index contributed by atoms with van der Waals surface area (Å²) < 4.78 is 11.1. The number of hydrogen-bond acceptors (Lipinski definition) is 8. The molecule has 1 aromatic heterocycles. The Balaban J connectivity index is 1.13. The van der Waals surface area contributed by atoms with E-state index in [9.17, 15) is 9.59 Å². The fraction of sp³-hybridized carbons (Fsp3) is 0.118. The smallest absolute Gasteiger partial charge is 0.271 e. The molecule has 0 saturated carbocycles. The van der Waals surface area contributed by atoms with E-state index >= 15 is 0 Å².